The monoisotopic (exact) mass is 287 g/mol. The van der Waals surface area contributed by atoms with Crippen molar-refractivity contribution in [3.8, 4) is 0 Å². The predicted molar refractivity (Wildman–Crippen MR) is 70.1 cm³/mol. The summed E-state index contributed by atoms with van der Waals surface area (Å²) in [4.78, 5) is 0. The standard InChI is InChI=1S/C13H19BrFN/c1-4-13(2,9-16-3)8-10-5-6-11(14)7-12(10)15/h5-7,16H,4,8-9H2,1-3H3. The molecule has 90 valence electrons. The lowest BCUT2D eigenvalue weighted by Gasteiger charge is -2.28. The maximum Gasteiger partial charge on any atom is 0.127 e. The molecule has 0 saturated carbocycles. The highest BCUT2D eigenvalue weighted by Crippen LogP contribution is 2.27. The van der Waals surface area contributed by atoms with Crippen molar-refractivity contribution < 1.29 is 4.39 Å². The van der Waals surface area contributed by atoms with E-state index in [2.05, 4.69) is 35.1 Å². The summed E-state index contributed by atoms with van der Waals surface area (Å²) < 4.78 is 14.5. The summed E-state index contributed by atoms with van der Waals surface area (Å²) in [5, 5.41) is 3.18. The molecular formula is C13H19BrFN. The fraction of sp³-hybridized carbons (Fsp3) is 0.538. The van der Waals surface area contributed by atoms with Crippen molar-refractivity contribution in [3.63, 3.8) is 0 Å². The molecule has 1 aromatic carbocycles. The van der Waals surface area contributed by atoms with E-state index in [1.165, 1.54) is 6.07 Å². The zero-order valence-electron chi connectivity index (χ0n) is 10.1. The second kappa shape index (κ2) is 5.78. The van der Waals surface area contributed by atoms with E-state index >= 15 is 0 Å². The molecule has 0 fully saturated rings. The van der Waals surface area contributed by atoms with E-state index in [0.717, 1.165) is 29.4 Å². The molecule has 1 N–H and O–H groups in total. The fourth-order valence-electron chi connectivity index (χ4n) is 1.86. The number of halogens is 2. The highest BCUT2D eigenvalue weighted by Gasteiger charge is 2.23. The van der Waals surface area contributed by atoms with Gasteiger partial charge in [0.2, 0.25) is 0 Å². The number of benzene rings is 1. The van der Waals surface area contributed by atoms with E-state index in [9.17, 15) is 4.39 Å². The van der Waals surface area contributed by atoms with Gasteiger partial charge in [-0.1, -0.05) is 35.8 Å². The summed E-state index contributed by atoms with van der Waals surface area (Å²) in [5.74, 6) is -0.120. The molecule has 0 amide bonds. The lowest BCUT2D eigenvalue weighted by molar-refractivity contribution is 0.295. The Balaban J connectivity index is 2.85. The molecule has 0 aliphatic rings. The Morgan fingerprint density at radius 1 is 1.44 bits per heavy atom. The van der Waals surface area contributed by atoms with Crippen LogP contribution in [0.4, 0.5) is 4.39 Å². The third-order valence-corrected chi connectivity index (χ3v) is 3.58. The number of rotatable bonds is 5. The van der Waals surface area contributed by atoms with Crippen LogP contribution >= 0.6 is 15.9 Å². The molecule has 0 radical (unpaired) electrons. The molecule has 1 unspecified atom stereocenters. The maximum atomic E-state index is 13.7. The van der Waals surface area contributed by atoms with E-state index in [1.54, 1.807) is 0 Å². The van der Waals surface area contributed by atoms with Gasteiger partial charge in [-0.3, -0.25) is 0 Å². The fourth-order valence-corrected chi connectivity index (χ4v) is 2.20. The Morgan fingerprint density at radius 3 is 2.62 bits per heavy atom. The lowest BCUT2D eigenvalue weighted by Crippen LogP contribution is -2.31. The Kier molecular flexibility index (Phi) is 4.93. The summed E-state index contributed by atoms with van der Waals surface area (Å²) in [6.07, 6.45) is 1.80. The van der Waals surface area contributed by atoms with Gasteiger partial charge in [0.1, 0.15) is 5.82 Å². The van der Waals surface area contributed by atoms with Crippen LogP contribution in [0.5, 0.6) is 0 Å². The first-order valence-corrected chi connectivity index (χ1v) is 6.38. The highest BCUT2D eigenvalue weighted by molar-refractivity contribution is 9.10. The van der Waals surface area contributed by atoms with Crippen LogP contribution < -0.4 is 5.32 Å². The average Bonchev–Trinajstić information content (AvgIpc) is 2.23. The SMILES string of the molecule is CCC(C)(CNC)Cc1ccc(Br)cc1F. The molecule has 1 nitrogen and oxygen atoms in total. The molecule has 0 spiro atoms. The van der Waals surface area contributed by atoms with Crippen LogP contribution in [0.2, 0.25) is 0 Å². The molecule has 0 aliphatic heterocycles. The quantitative estimate of drug-likeness (QED) is 0.869. The Labute approximate surface area is 106 Å². The van der Waals surface area contributed by atoms with Gasteiger partial charge in [-0.15, -0.1) is 0 Å². The highest BCUT2D eigenvalue weighted by atomic mass is 79.9. The van der Waals surface area contributed by atoms with Crippen molar-refractivity contribution >= 4 is 15.9 Å². The van der Waals surface area contributed by atoms with Gasteiger partial charge in [0.15, 0.2) is 0 Å². The van der Waals surface area contributed by atoms with Crippen molar-refractivity contribution in [1.82, 2.24) is 5.32 Å². The van der Waals surface area contributed by atoms with Gasteiger partial charge in [-0.25, -0.2) is 4.39 Å². The molecule has 3 heteroatoms. The molecule has 1 aromatic rings. The molecule has 1 atom stereocenters. The lowest BCUT2D eigenvalue weighted by atomic mass is 9.81. The van der Waals surface area contributed by atoms with Crippen molar-refractivity contribution in [2.24, 2.45) is 5.41 Å². The van der Waals surface area contributed by atoms with Crippen molar-refractivity contribution in [2.75, 3.05) is 13.6 Å². The van der Waals surface area contributed by atoms with Gasteiger partial charge in [0.25, 0.3) is 0 Å². The summed E-state index contributed by atoms with van der Waals surface area (Å²) in [6, 6.07) is 5.29. The normalized spacial score (nSPS) is 14.8. The molecule has 0 saturated heterocycles. The zero-order chi connectivity index (χ0) is 12.2. The van der Waals surface area contributed by atoms with Crippen LogP contribution in [-0.4, -0.2) is 13.6 Å². The van der Waals surface area contributed by atoms with E-state index in [0.29, 0.717) is 0 Å². The first kappa shape index (κ1) is 13.7. The van der Waals surface area contributed by atoms with Crippen LogP contribution in [0.15, 0.2) is 22.7 Å². The minimum Gasteiger partial charge on any atom is -0.319 e. The minimum atomic E-state index is -0.120. The van der Waals surface area contributed by atoms with E-state index < -0.39 is 0 Å². The van der Waals surface area contributed by atoms with Crippen LogP contribution in [-0.2, 0) is 6.42 Å². The average molecular weight is 288 g/mol. The van der Waals surface area contributed by atoms with Gasteiger partial charge in [-0.05, 0) is 43.0 Å². The number of hydrogen-bond donors (Lipinski definition) is 1. The number of hydrogen-bond acceptors (Lipinski definition) is 1. The summed E-state index contributed by atoms with van der Waals surface area (Å²) >= 11 is 3.27. The van der Waals surface area contributed by atoms with Gasteiger partial charge in [-0.2, -0.15) is 0 Å². The van der Waals surface area contributed by atoms with Gasteiger partial charge in [0.05, 0.1) is 0 Å². The molecule has 0 bridgehead atoms. The van der Waals surface area contributed by atoms with Crippen molar-refractivity contribution in [3.05, 3.63) is 34.1 Å². The first-order valence-electron chi connectivity index (χ1n) is 5.59. The minimum absolute atomic E-state index is 0.115. The molecule has 0 heterocycles. The van der Waals surface area contributed by atoms with Crippen LogP contribution in [0.1, 0.15) is 25.8 Å². The van der Waals surface area contributed by atoms with E-state index in [4.69, 9.17) is 0 Å². The van der Waals surface area contributed by atoms with Crippen molar-refractivity contribution in [1.29, 1.82) is 0 Å². The number of nitrogens with one attached hydrogen (secondary N) is 1. The summed E-state index contributed by atoms with van der Waals surface area (Å²) in [6.45, 7) is 5.23. The second-order valence-corrected chi connectivity index (χ2v) is 5.52. The van der Waals surface area contributed by atoms with Gasteiger partial charge < -0.3 is 5.32 Å². The molecular weight excluding hydrogens is 269 g/mol. The summed E-state index contributed by atoms with van der Waals surface area (Å²) in [5.41, 5.74) is 0.909. The van der Waals surface area contributed by atoms with Gasteiger partial charge in [0, 0.05) is 11.0 Å². The molecule has 16 heavy (non-hydrogen) atoms. The Hall–Kier alpha value is -0.410. The van der Waals surface area contributed by atoms with E-state index in [-0.39, 0.29) is 11.2 Å². The first-order chi connectivity index (χ1) is 7.50. The molecule has 0 aromatic heterocycles. The Bertz CT molecular complexity index is 354. The van der Waals surface area contributed by atoms with Crippen LogP contribution in [0, 0.1) is 11.2 Å². The van der Waals surface area contributed by atoms with Gasteiger partial charge >= 0.3 is 0 Å². The van der Waals surface area contributed by atoms with Crippen LogP contribution in [0.3, 0.4) is 0 Å². The summed E-state index contributed by atoms with van der Waals surface area (Å²) in [7, 11) is 1.94. The maximum absolute atomic E-state index is 13.7. The van der Waals surface area contributed by atoms with Crippen LogP contribution in [0.25, 0.3) is 0 Å². The molecule has 0 aliphatic carbocycles. The topological polar surface area (TPSA) is 12.0 Å². The Morgan fingerprint density at radius 2 is 2.12 bits per heavy atom. The zero-order valence-corrected chi connectivity index (χ0v) is 11.7. The largest absolute Gasteiger partial charge is 0.319 e. The third kappa shape index (κ3) is 3.56. The molecule has 1 rings (SSSR count). The second-order valence-electron chi connectivity index (χ2n) is 4.61. The third-order valence-electron chi connectivity index (χ3n) is 3.09. The van der Waals surface area contributed by atoms with Crippen molar-refractivity contribution in [2.45, 2.75) is 26.7 Å². The smallest absolute Gasteiger partial charge is 0.127 e. The van der Waals surface area contributed by atoms with E-state index in [1.807, 2.05) is 19.2 Å². The predicted octanol–water partition coefficient (Wildman–Crippen LogP) is 3.77.